The molecule has 1 nitrogen and oxygen atoms in total. The highest BCUT2D eigenvalue weighted by Gasteiger charge is 2.10. The Bertz CT molecular complexity index is 785. The Balaban J connectivity index is 1.85. The topological polar surface area (TPSA) is 20.2 Å². The molecule has 0 heterocycles. The highest BCUT2D eigenvalue weighted by atomic mass is 35.5. The first-order chi connectivity index (χ1) is 10.1. The van der Waals surface area contributed by atoms with Crippen molar-refractivity contribution in [3.05, 3.63) is 82.6 Å². The van der Waals surface area contributed by atoms with Crippen LogP contribution in [0.3, 0.4) is 0 Å². The standard InChI is InChI=1S/C18H14ClFO/c19-16-8-5-12(9-17(16)20)10-18(21)15-7-6-13-3-1-2-4-14(13)11-15/h1-9,11,18,21H,10H2. The molecular formula is C18H14ClFO. The summed E-state index contributed by atoms with van der Waals surface area (Å²) in [6.45, 7) is 0. The monoisotopic (exact) mass is 300 g/mol. The fourth-order valence-electron chi connectivity index (χ4n) is 2.42. The van der Waals surface area contributed by atoms with Crippen LogP contribution < -0.4 is 0 Å². The van der Waals surface area contributed by atoms with Gasteiger partial charge in [0.05, 0.1) is 11.1 Å². The summed E-state index contributed by atoms with van der Waals surface area (Å²) in [7, 11) is 0. The van der Waals surface area contributed by atoms with Gasteiger partial charge in [0.1, 0.15) is 5.82 Å². The Kier molecular flexibility index (Phi) is 3.91. The first-order valence-electron chi connectivity index (χ1n) is 6.74. The van der Waals surface area contributed by atoms with E-state index in [4.69, 9.17) is 11.6 Å². The van der Waals surface area contributed by atoms with Crippen LogP contribution >= 0.6 is 11.6 Å². The minimum atomic E-state index is -0.671. The van der Waals surface area contributed by atoms with E-state index in [9.17, 15) is 9.50 Å². The summed E-state index contributed by atoms with van der Waals surface area (Å²) in [6.07, 6.45) is -0.318. The van der Waals surface area contributed by atoms with Gasteiger partial charge >= 0.3 is 0 Å². The van der Waals surface area contributed by atoms with Crippen LogP contribution in [0.5, 0.6) is 0 Å². The van der Waals surface area contributed by atoms with Gasteiger partial charge in [-0.1, -0.05) is 54.1 Å². The van der Waals surface area contributed by atoms with E-state index in [1.54, 1.807) is 6.07 Å². The molecule has 3 aromatic carbocycles. The predicted molar refractivity (Wildman–Crippen MR) is 84.0 cm³/mol. The van der Waals surface area contributed by atoms with Crippen LogP contribution in [0.15, 0.2) is 60.7 Å². The lowest BCUT2D eigenvalue weighted by molar-refractivity contribution is 0.178. The molecule has 3 aromatic rings. The Hall–Kier alpha value is -1.90. The summed E-state index contributed by atoms with van der Waals surface area (Å²) in [5, 5.41) is 12.6. The maximum Gasteiger partial charge on any atom is 0.142 e. The average molecular weight is 301 g/mol. The molecule has 0 fully saturated rings. The van der Waals surface area contributed by atoms with Gasteiger partial charge in [-0.15, -0.1) is 0 Å². The van der Waals surface area contributed by atoms with Crippen LogP contribution in [0.2, 0.25) is 5.02 Å². The number of halogens is 2. The van der Waals surface area contributed by atoms with Gasteiger partial charge in [0, 0.05) is 6.42 Å². The van der Waals surface area contributed by atoms with Crippen LogP contribution in [0.25, 0.3) is 10.8 Å². The largest absolute Gasteiger partial charge is 0.388 e. The fraction of sp³-hybridized carbons (Fsp3) is 0.111. The number of aliphatic hydroxyl groups is 1. The maximum absolute atomic E-state index is 13.4. The first kappa shape index (κ1) is 14.1. The molecule has 1 atom stereocenters. The molecule has 0 aliphatic rings. The summed E-state index contributed by atoms with van der Waals surface area (Å²) in [6, 6.07) is 18.4. The number of hydrogen-bond donors (Lipinski definition) is 1. The molecule has 21 heavy (non-hydrogen) atoms. The summed E-state index contributed by atoms with van der Waals surface area (Å²) in [5.74, 6) is -0.458. The van der Waals surface area contributed by atoms with Crippen molar-refractivity contribution < 1.29 is 9.50 Å². The molecule has 1 unspecified atom stereocenters. The van der Waals surface area contributed by atoms with Crippen molar-refractivity contribution in [1.29, 1.82) is 0 Å². The lowest BCUT2D eigenvalue weighted by Crippen LogP contribution is -2.02. The highest BCUT2D eigenvalue weighted by molar-refractivity contribution is 6.30. The molecule has 0 bridgehead atoms. The van der Waals surface area contributed by atoms with Crippen LogP contribution in [0.4, 0.5) is 4.39 Å². The minimum absolute atomic E-state index is 0.0962. The zero-order valence-electron chi connectivity index (χ0n) is 11.3. The van der Waals surface area contributed by atoms with Crippen LogP contribution in [-0.2, 0) is 6.42 Å². The van der Waals surface area contributed by atoms with E-state index < -0.39 is 11.9 Å². The third-order valence-corrected chi connectivity index (χ3v) is 3.88. The van der Waals surface area contributed by atoms with Crippen LogP contribution in [0, 0.1) is 5.82 Å². The van der Waals surface area contributed by atoms with Gasteiger partial charge in [-0.05, 0) is 40.1 Å². The predicted octanol–water partition coefficient (Wildman–Crippen LogP) is 4.91. The van der Waals surface area contributed by atoms with Crippen molar-refractivity contribution in [2.24, 2.45) is 0 Å². The average Bonchev–Trinajstić information content (AvgIpc) is 2.50. The number of fused-ring (bicyclic) bond motifs is 1. The third-order valence-electron chi connectivity index (χ3n) is 3.57. The van der Waals surface area contributed by atoms with Crippen molar-refractivity contribution in [1.82, 2.24) is 0 Å². The van der Waals surface area contributed by atoms with Gasteiger partial charge < -0.3 is 5.11 Å². The summed E-state index contributed by atoms with van der Waals surface area (Å²) < 4.78 is 13.4. The van der Waals surface area contributed by atoms with E-state index in [-0.39, 0.29) is 5.02 Å². The second kappa shape index (κ2) is 5.84. The lowest BCUT2D eigenvalue weighted by Gasteiger charge is -2.12. The Morgan fingerprint density at radius 2 is 1.71 bits per heavy atom. The van der Waals surface area contributed by atoms with Gasteiger partial charge in [0.2, 0.25) is 0 Å². The second-order valence-corrected chi connectivity index (χ2v) is 5.48. The van der Waals surface area contributed by atoms with Gasteiger partial charge in [0.25, 0.3) is 0 Å². The normalized spacial score (nSPS) is 12.5. The van der Waals surface area contributed by atoms with Crippen molar-refractivity contribution in [2.75, 3.05) is 0 Å². The lowest BCUT2D eigenvalue weighted by atomic mass is 9.98. The molecule has 3 rings (SSSR count). The van der Waals surface area contributed by atoms with Crippen molar-refractivity contribution in [3.63, 3.8) is 0 Å². The number of benzene rings is 3. The Labute approximate surface area is 127 Å². The second-order valence-electron chi connectivity index (χ2n) is 5.07. The van der Waals surface area contributed by atoms with E-state index >= 15 is 0 Å². The highest BCUT2D eigenvalue weighted by Crippen LogP contribution is 2.24. The maximum atomic E-state index is 13.4. The molecule has 106 valence electrons. The van der Waals surface area contributed by atoms with Gasteiger partial charge in [0.15, 0.2) is 0 Å². The minimum Gasteiger partial charge on any atom is -0.388 e. The quantitative estimate of drug-likeness (QED) is 0.729. The molecule has 0 aliphatic heterocycles. The number of rotatable bonds is 3. The molecular weight excluding hydrogens is 287 g/mol. The fourth-order valence-corrected chi connectivity index (χ4v) is 2.54. The molecule has 0 aliphatic carbocycles. The molecule has 3 heteroatoms. The third kappa shape index (κ3) is 3.07. The molecule has 0 radical (unpaired) electrons. The number of aliphatic hydroxyl groups excluding tert-OH is 1. The summed E-state index contributed by atoms with van der Waals surface area (Å²) in [4.78, 5) is 0. The molecule has 0 spiro atoms. The SMILES string of the molecule is OC(Cc1ccc(Cl)c(F)c1)c1ccc2ccccc2c1. The Morgan fingerprint density at radius 1 is 0.952 bits per heavy atom. The molecule has 1 N–H and O–H groups in total. The van der Waals surface area contributed by atoms with E-state index in [1.807, 2.05) is 42.5 Å². The van der Waals surface area contributed by atoms with Gasteiger partial charge in [-0.2, -0.15) is 0 Å². The molecule has 0 saturated heterocycles. The van der Waals surface area contributed by atoms with Crippen LogP contribution in [-0.4, -0.2) is 5.11 Å². The van der Waals surface area contributed by atoms with E-state index in [1.165, 1.54) is 12.1 Å². The van der Waals surface area contributed by atoms with Crippen molar-refractivity contribution in [3.8, 4) is 0 Å². The summed E-state index contributed by atoms with van der Waals surface area (Å²) in [5.41, 5.74) is 1.54. The molecule has 0 amide bonds. The van der Waals surface area contributed by atoms with Crippen LogP contribution in [0.1, 0.15) is 17.2 Å². The van der Waals surface area contributed by atoms with Crippen molar-refractivity contribution in [2.45, 2.75) is 12.5 Å². The van der Waals surface area contributed by atoms with Gasteiger partial charge in [-0.25, -0.2) is 4.39 Å². The summed E-state index contributed by atoms with van der Waals surface area (Å²) >= 11 is 5.66. The van der Waals surface area contributed by atoms with E-state index in [2.05, 4.69) is 0 Å². The first-order valence-corrected chi connectivity index (χ1v) is 7.12. The zero-order valence-corrected chi connectivity index (χ0v) is 12.0. The van der Waals surface area contributed by atoms with E-state index in [0.29, 0.717) is 6.42 Å². The Morgan fingerprint density at radius 3 is 2.48 bits per heavy atom. The van der Waals surface area contributed by atoms with Gasteiger partial charge in [-0.3, -0.25) is 0 Å². The smallest absolute Gasteiger partial charge is 0.142 e. The number of hydrogen-bond acceptors (Lipinski definition) is 1. The van der Waals surface area contributed by atoms with Crippen molar-refractivity contribution >= 4 is 22.4 Å². The molecule has 0 saturated carbocycles. The van der Waals surface area contributed by atoms with E-state index in [0.717, 1.165) is 21.9 Å². The zero-order chi connectivity index (χ0) is 14.8. The molecule has 0 aromatic heterocycles.